The molecule has 48 heavy (non-hydrogen) atoms. The normalized spacial score (nSPS) is 19.2. The molecule has 0 heterocycles. The minimum atomic E-state index is -4.67. The zero-order chi connectivity index (χ0) is 37.4. The number of Topliss-reactive ketones (excluding diaryl/α,β-unsaturated/α-hetero) is 1. The average molecular weight is 732 g/mol. The van der Waals surface area contributed by atoms with E-state index in [0.717, 1.165) is 6.42 Å². The van der Waals surface area contributed by atoms with Gasteiger partial charge in [-0.1, -0.05) is 40.7 Å². The van der Waals surface area contributed by atoms with Crippen molar-refractivity contribution >= 4 is 65.6 Å². The predicted octanol–water partition coefficient (Wildman–Crippen LogP) is 7.31. The van der Waals surface area contributed by atoms with E-state index in [1.807, 2.05) is 19.9 Å². The van der Waals surface area contributed by atoms with Crippen LogP contribution in [-0.4, -0.2) is 94.5 Å². The van der Waals surface area contributed by atoms with Crippen LogP contribution in [0.5, 0.6) is 0 Å². The number of unbranched alkanes of at least 4 members (excludes halogenated alkanes) is 9. The van der Waals surface area contributed by atoms with Crippen molar-refractivity contribution in [1.82, 2.24) is 4.90 Å². The zero-order valence-electron chi connectivity index (χ0n) is 30.9. The van der Waals surface area contributed by atoms with Gasteiger partial charge in [0.05, 0.1) is 11.2 Å². The van der Waals surface area contributed by atoms with Gasteiger partial charge in [-0.25, -0.2) is 0 Å². The number of nitrogen functional groups attached to an aromatic ring is 2. The van der Waals surface area contributed by atoms with Gasteiger partial charge >= 0.3 is 113 Å². The van der Waals surface area contributed by atoms with Gasteiger partial charge < -0.3 is 16.4 Å². The summed E-state index contributed by atoms with van der Waals surface area (Å²) in [4.78, 5) is 14.3. The molecule has 14 heteroatoms. The molecular formula is C34H66N3NaO8S2. The van der Waals surface area contributed by atoms with Gasteiger partial charge in [-0.3, -0.25) is 18.5 Å². The molecule has 0 aliphatic heterocycles. The molecule has 2 aliphatic carbocycles. The first-order valence-electron chi connectivity index (χ1n) is 17.8. The summed E-state index contributed by atoms with van der Waals surface area (Å²) in [5.74, 6) is -0.101. The van der Waals surface area contributed by atoms with Gasteiger partial charge in [-0.15, -0.1) is 0 Å². The van der Waals surface area contributed by atoms with Crippen LogP contribution in [0.2, 0.25) is 3.67 Å². The van der Waals surface area contributed by atoms with E-state index in [2.05, 4.69) is 32.6 Å². The second-order valence-electron chi connectivity index (χ2n) is 13.3. The molecule has 2 fully saturated rings. The maximum atomic E-state index is 11.9. The Labute approximate surface area is 310 Å². The molecule has 0 amide bonds. The number of nitrogens with zero attached hydrogens (tertiary/aromatic N) is 1. The predicted molar refractivity (Wildman–Crippen MR) is 200 cm³/mol. The first-order chi connectivity index (χ1) is 22.2. The number of nitrogens with two attached hydrogens (primary N) is 2. The minimum Gasteiger partial charge on any atom is -0.399 e. The third kappa shape index (κ3) is 22.8. The summed E-state index contributed by atoms with van der Waals surface area (Å²) >= 11 is 1.41. The number of carbonyl (C=O) groups excluding carboxylic acids is 1. The molecule has 3 rings (SSSR count). The van der Waals surface area contributed by atoms with Crippen LogP contribution in [0.1, 0.15) is 125 Å². The summed E-state index contributed by atoms with van der Waals surface area (Å²) in [6.07, 6.45) is 16.7. The van der Waals surface area contributed by atoms with E-state index in [1.54, 1.807) is 18.2 Å². The number of hydrogen-bond acceptors (Lipinski definition) is 8. The Morgan fingerprint density at radius 2 is 1.23 bits per heavy atom. The van der Waals surface area contributed by atoms with Gasteiger partial charge in [-0.2, -0.15) is 16.8 Å². The van der Waals surface area contributed by atoms with Crippen molar-refractivity contribution in [2.75, 3.05) is 36.9 Å². The molecular weight excluding hydrogens is 666 g/mol. The fourth-order valence-electron chi connectivity index (χ4n) is 6.39. The van der Waals surface area contributed by atoms with Crippen LogP contribution in [0.4, 0.5) is 11.4 Å². The standard InChI is InChI=1S/C12H25.C10H16O4S.C6H8N2.C6H15N.Na.H2O4S/c1-3-5-7-9-11-12-10-8-6-4-2;1-9(2)7-3-4-10(9,8(11)5-7)6-15(12,13)14;7-5-2-1-3-6(8)4-5;1-4-7(5-2)6-3;;1-5(2,3)4/h1,3-12H2,2H3;7H,3-6H2,1-2H3,(H,12,13,14);1-4H,7-8H2;4-6H2,1-3H3;;(H2,1,2,3,4). The van der Waals surface area contributed by atoms with E-state index in [0.29, 0.717) is 24.2 Å². The van der Waals surface area contributed by atoms with Crippen LogP contribution in [0.25, 0.3) is 0 Å². The second-order valence-corrected chi connectivity index (χ2v) is 16.7. The average Bonchev–Trinajstić information content (AvgIpc) is 3.31. The monoisotopic (exact) mass is 731 g/mol. The molecule has 0 saturated heterocycles. The summed E-state index contributed by atoms with van der Waals surface area (Å²) in [5, 5.41) is 0. The molecule has 278 valence electrons. The maximum Gasteiger partial charge on any atom is 0.394 e. The van der Waals surface area contributed by atoms with Crippen LogP contribution in [0.3, 0.4) is 0 Å². The van der Waals surface area contributed by atoms with E-state index in [1.165, 1.54) is 115 Å². The largest absolute Gasteiger partial charge is 0.399 e. The van der Waals surface area contributed by atoms with Crippen molar-refractivity contribution in [3.63, 3.8) is 0 Å². The minimum absolute atomic E-state index is 0.0152. The Kier molecular flexibility index (Phi) is 26.8. The molecule has 2 bridgehead atoms. The molecule has 0 aromatic heterocycles. The molecule has 2 unspecified atom stereocenters. The van der Waals surface area contributed by atoms with Crippen molar-refractivity contribution < 1.29 is 35.3 Å². The Morgan fingerprint density at radius 3 is 1.48 bits per heavy atom. The van der Waals surface area contributed by atoms with E-state index < -0.39 is 31.7 Å². The van der Waals surface area contributed by atoms with Crippen molar-refractivity contribution in [3.8, 4) is 0 Å². The number of ketones is 1. The second kappa shape index (κ2) is 26.1. The quantitative estimate of drug-likeness (QED) is 0.0524. The van der Waals surface area contributed by atoms with Crippen molar-refractivity contribution in [1.29, 1.82) is 0 Å². The fraction of sp³-hybridized carbons (Fsp3) is 0.794. The Hall–Kier alpha value is -0.770. The molecule has 7 N–H and O–H groups in total. The van der Waals surface area contributed by atoms with Gasteiger partial charge in [0, 0.05) is 17.8 Å². The molecule has 0 radical (unpaired) electrons. The van der Waals surface area contributed by atoms with E-state index >= 15 is 0 Å². The number of rotatable bonds is 15. The van der Waals surface area contributed by atoms with Gasteiger partial charge in [0.15, 0.2) is 0 Å². The van der Waals surface area contributed by atoms with Crippen LogP contribution < -0.4 is 11.5 Å². The number of hydrogen-bond donors (Lipinski definition) is 5. The van der Waals surface area contributed by atoms with Gasteiger partial charge in [0.2, 0.25) is 0 Å². The summed E-state index contributed by atoms with van der Waals surface area (Å²) in [6.45, 7) is 16.3. The Balaban J connectivity index is 0. The molecule has 0 spiro atoms. The number of carbonyl (C=O) groups is 1. The summed E-state index contributed by atoms with van der Waals surface area (Å²) in [5.41, 5.74) is 11.1. The third-order valence-electron chi connectivity index (χ3n) is 9.53. The summed E-state index contributed by atoms with van der Waals surface area (Å²) in [6, 6.07) is 7.15. The topological polar surface area (TPSA) is 201 Å². The Bertz CT molecular complexity index is 1170. The van der Waals surface area contributed by atoms with Crippen molar-refractivity contribution in [3.05, 3.63) is 24.3 Å². The molecule has 11 nitrogen and oxygen atoms in total. The first-order valence-corrected chi connectivity index (χ1v) is 22.2. The molecule has 2 aliphatic rings. The van der Waals surface area contributed by atoms with Crippen LogP contribution >= 0.6 is 0 Å². The number of anilines is 2. The maximum absolute atomic E-state index is 11.9. The summed E-state index contributed by atoms with van der Waals surface area (Å²) in [7, 11) is -8.74. The molecule has 1 aromatic rings. The number of fused-ring (bicyclic) bond motifs is 2. The van der Waals surface area contributed by atoms with Gasteiger partial charge in [-0.05, 0) is 62.0 Å². The van der Waals surface area contributed by atoms with Crippen LogP contribution in [-0.2, 0) is 25.3 Å². The van der Waals surface area contributed by atoms with E-state index in [9.17, 15) is 13.2 Å². The summed E-state index contributed by atoms with van der Waals surface area (Å²) < 4.78 is 64.1. The van der Waals surface area contributed by atoms with Crippen LogP contribution in [0.15, 0.2) is 24.3 Å². The van der Waals surface area contributed by atoms with Gasteiger partial charge in [0.1, 0.15) is 5.78 Å². The molecule has 2 saturated carbocycles. The van der Waals surface area contributed by atoms with E-state index in [4.69, 9.17) is 33.5 Å². The Morgan fingerprint density at radius 1 is 0.812 bits per heavy atom. The SMILES string of the molecule is CC1(C)C2CCC1(CS(=O)(=O)O)C(=O)C2.CCCCCCCCCCC[CH2][Na].CCN(CC)CC.Nc1cccc(N)c1.O=S(=O)(O)O. The first kappa shape index (κ1) is 49.3. The zero-order valence-corrected chi connectivity index (χ0v) is 34.5. The third-order valence-corrected chi connectivity index (χ3v) is 11.1. The van der Waals surface area contributed by atoms with Gasteiger partial charge in [0.25, 0.3) is 10.1 Å². The number of benzene rings is 1. The van der Waals surface area contributed by atoms with Crippen molar-refractivity contribution in [2.24, 2.45) is 16.7 Å². The van der Waals surface area contributed by atoms with Crippen molar-refractivity contribution in [2.45, 2.75) is 129 Å². The molecule has 2 atom stereocenters. The molecule has 1 aromatic carbocycles. The van der Waals surface area contributed by atoms with Crippen LogP contribution in [0, 0.1) is 16.7 Å². The van der Waals surface area contributed by atoms with E-state index in [-0.39, 0.29) is 17.1 Å². The fourth-order valence-corrected chi connectivity index (χ4v) is 8.19. The smallest absolute Gasteiger partial charge is 0.394 e.